The summed E-state index contributed by atoms with van der Waals surface area (Å²) in [7, 11) is 65.2. The summed E-state index contributed by atoms with van der Waals surface area (Å²) in [5.41, 5.74) is 8.32. The Morgan fingerprint density at radius 2 is 0.516 bits per heavy atom. The molecule has 4 nitrogen and oxygen atoms in total. The number of aromatic nitrogens is 4. The van der Waals surface area contributed by atoms with Gasteiger partial charge in [0.05, 0.1) is 33.3 Å². The summed E-state index contributed by atoms with van der Waals surface area (Å²) in [5.74, 6) is 0.500. The van der Waals surface area contributed by atoms with Gasteiger partial charge in [-0.3, -0.25) is 0 Å². The van der Waals surface area contributed by atoms with Crippen molar-refractivity contribution in [1.82, 2.24) is 19.9 Å². The molecule has 0 N–H and O–H groups in total. The van der Waals surface area contributed by atoms with Crippen LogP contribution in [0.25, 0.3) is 44.6 Å². The molecule has 0 saturated carbocycles. The van der Waals surface area contributed by atoms with Gasteiger partial charge in [-0.25, -0.2) is 19.9 Å². The van der Waals surface area contributed by atoms with Crippen LogP contribution in [0.1, 0.15) is 44.8 Å². The molecule has 62 heavy (non-hydrogen) atoms. The highest BCUT2D eigenvalue weighted by Crippen LogP contribution is 2.66. The summed E-state index contributed by atoms with van der Waals surface area (Å²) in [6.07, 6.45) is 0. The molecule has 12 rings (SSSR count). The summed E-state index contributed by atoms with van der Waals surface area (Å²) in [6, 6.07) is 41.1. The van der Waals surface area contributed by atoms with Crippen LogP contribution in [0.5, 0.6) is 0 Å². The van der Waals surface area contributed by atoms with Crippen molar-refractivity contribution >= 4 is 155 Å². The second kappa shape index (κ2) is 13.7. The van der Waals surface area contributed by atoms with Gasteiger partial charge < -0.3 is 0 Å². The number of benzene rings is 7. The average molecular weight is 761 g/mol. The Hall–Kier alpha value is -6.13. The molecule has 2 aromatic heterocycles. The average Bonchev–Trinajstić information content (AvgIpc) is 3.31. The quantitative estimate of drug-likeness (QED) is 0.200. The molecule has 262 valence electrons. The molecule has 9 aromatic rings. The number of nitrogens with zero attached hydrogens (tertiary/aromatic N) is 4. The Labute approximate surface area is 372 Å². The summed E-state index contributed by atoms with van der Waals surface area (Å²) in [4.78, 5) is 21.2. The monoisotopic (exact) mass is 762 g/mol. The van der Waals surface area contributed by atoms with Gasteiger partial charge in [-0.2, -0.15) is 0 Å². The van der Waals surface area contributed by atoms with E-state index in [0.29, 0.717) is 33.5 Å². The van der Waals surface area contributed by atoms with Crippen LogP contribution in [-0.4, -0.2) is 98.4 Å². The fourth-order valence-electron chi connectivity index (χ4n) is 10.2. The van der Waals surface area contributed by atoms with E-state index in [-0.39, 0.29) is 66.3 Å². The van der Waals surface area contributed by atoms with Crippen LogP contribution in [0.2, 0.25) is 0 Å². The lowest BCUT2D eigenvalue weighted by Gasteiger charge is -2.56. The largest absolute Gasteiger partial charge is 0.231 e. The zero-order valence-electron chi connectivity index (χ0n) is 33.1. The minimum Gasteiger partial charge on any atom is -0.231 e. The molecule has 20 radical (unpaired) electrons. The minimum absolute atomic E-state index is 0.102. The molecule has 0 unspecified atom stereocenters. The lowest BCUT2D eigenvalue weighted by molar-refractivity contribution is 0.544. The fourth-order valence-corrected chi connectivity index (χ4v) is 10.2. The summed E-state index contributed by atoms with van der Waals surface area (Å²) >= 11 is 0. The highest BCUT2D eigenvalue weighted by atomic mass is 14.9. The Morgan fingerprint density at radius 3 is 0.806 bits per heavy atom. The SMILES string of the molecule is [B]c1c([B])c([B])c(-c2nc(C34c5ccccc5C(c5nc(-c6c([B])c([B])c([B])c([B])c6[B])nc6ccccc56)(c5ccccc53)c3ccccc34)c3ccccc3n2)c([B])c1[B]. The maximum absolute atomic E-state index is 6.72. The van der Waals surface area contributed by atoms with Crippen LogP contribution in [0, 0.1) is 0 Å². The normalized spacial score (nSPS) is 17.2. The standard InChI is InChI=1S/C48H20B10N4/c49-33-31(34(50)38(54)41(57)37(33)53)45-59-29-19-9-1-11-21(29)43(61-45)47-23-13-3-6-16-26(23)48(27-17-7-4-14-24(27)47,28-18-8-5-15-25(28)47)44-22-12-2-10-20-30(22)60-46(62-44)32-35(51)39(55)42(58)40(56)36(32)52/h1-20H. The van der Waals surface area contributed by atoms with Crippen molar-refractivity contribution in [3.63, 3.8) is 0 Å². The van der Waals surface area contributed by atoms with E-state index >= 15 is 0 Å². The number of rotatable bonds is 4. The molecular formula is C48H20B10N4. The van der Waals surface area contributed by atoms with Crippen LogP contribution in [0.3, 0.4) is 0 Å². The lowest BCUT2D eigenvalue weighted by Crippen LogP contribution is -2.55. The minimum atomic E-state index is -1.03. The molecule has 3 aliphatic rings. The second-order valence-electron chi connectivity index (χ2n) is 15.8. The predicted octanol–water partition coefficient (Wildman–Crippen LogP) is -1.76. The second-order valence-corrected chi connectivity index (χ2v) is 15.8. The predicted molar refractivity (Wildman–Crippen MR) is 261 cm³/mol. The van der Waals surface area contributed by atoms with Gasteiger partial charge in [0, 0.05) is 21.9 Å². The van der Waals surface area contributed by atoms with Crippen LogP contribution < -0.4 is 54.6 Å². The molecule has 0 aliphatic heterocycles. The number of fused-ring (bicyclic) bond motifs is 2. The molecular weight excluding hydrogens is 741 g/mol. The summed E-state index contributed by atoms with van der Waals surface area (Å²) in [5, 5.41) is 1.63. The third-order valence-electron chi connectivity index (χ3n) is 13.0. The van der Waals surface area contributed by atoms with Gasteiger partial charge in [0.1, 0.15) is 78.5 Å². The zero-order chi connectivity index (χ0) is 43.0. The molecule has 0 atom stereocenters. The van der Waals surface area contributed by atoms with Gasteiger partial charge in [0.25, 0.3) is 0 Å². The van der Waals surface area contributed by atoms with Crippen LogP contribution >= 0.6 is 0 Å². The van der Waals surface area contributed by atoms with E-state index in [1.165, 1.54) is 0 Å². The topological polar surface area (TPSA) is 51.6 Å². The molecule has 7 aromatic carbocycles. The summed E-state index contributed by atoms with van der Waals surface area (Å²) < 4.78 is 0. The van der Waals surface area contributed by atoms with Gasteiger partial charge in [0.2, 0.25) is 0 Å². The van der Waals surface area contributed by atoms with Crippen molar-refractivity contribution in [2.45, 2.75) is 10.8 Å². The Bertz CT molecular complexity index is 3060. The first-order chi connectivity index (χ1) is 29.9. The number of hydrogen-bond donors (Lipinski definition) is 0. The van der Waals surface area contributed by atoms with E-state index in [1.54, 1.807) is 0 Å². The first kappa shape index (κ1) is 38.8. The third kappa shape index (κ3) is 4.81. The van der Waals surface area contributed by atoms with Gasteiger partial charge in [-0.15, -0.1) is 32.8 Å². The Balaban J connectivity index is 1.32. The molecule has 0 amide bonds. The van der Waals surface area contributed by atoms with Crippen molar-refractivity contribution in [2.24, 2.45) is 0 Å². The molecule has 2 heterocycles. The van der Waals surface area contributed by atoms with Crippen molar-refractivity contribution in [3.8, 4) is 22.8 Å². The summed E-state index contributed by atoms with van der Waals surface area (Å²) in [6.45, 7) is 0. The van der Waals surface area contributed by atoms with Gasteiger partial charge in [0.15, 0.2) is 11.6 Å². The fraction of sp³-hybridized carbons (Fsp3) is 0.0417. The molecule has 0 fully saturated rings. The molecule has 0 saturated heterocycles. The van der Waals surface area contributed by atoms with E-state index in [1.807, 2.05) is 84.9 Å². The lowest BCUT2D eigenvalue weighted by atomic mass is 9.45. The maximum atomic E-state index is 6.72. The van der Waals surface area contributed by atoms with Gasteiger partial charge in [-0.1, -0.05) is 131 Å². The van der Waals surface area contributed by atoms with E-state index < -0.39 is 10.8 Å². The van der Waals surface area contributed by atoms with E-state index in [4.69, 9.17) is 98.4 Å². The van der Waals surface area contributed by atoms with Crippen LogP contribution in [0.4, 0.5) is 0 Å². The Morgan fingerprint density at radius 1 is 0.274 bits per heavy atom. The molecule has 0 spiro atoms. The first-order valence-corrected chi connectivity index (χ1v) is 19.8. The van der Waals surface area contributed by atoms with Crippen molar-refractivity contribution in [1.29, 1.82) is 0 Å². The first-order valence-electron chi connectivity index (χ1n) is 19.8. The highest BCUT2D eigenvalue weighted by molar-refractivity contribution is 6.69. The van der Waals surface area contributed by atoms with E-state index in [2.05, 4.69) is 36.4 Å². The van der Waals surface area contributed by atoms with E-state index in [9.17, 15) is 0 Å². The van der Waals surface area contributed by atoms with Crippen LogP contribution in [-0.2, 0) is 10.8 Å². The smallest absolute Gasteiger partial charge is 0.158 e. The highest BCUT2D eigenvalue weighted by Gasteiger charge is 2.62. The molecule has 14 heteroatoms. The van der Waals surface area contributed by atoms with Gasteiger partial charge in [-0.05, 0) is 45.5 Å². The Kier molecular flexibility index (Phi) is 8.56. The van der Waals surface area contributed by atoms with Crippen molar-refractivity contribution in [3.05, 3.63) is 166 Å². The number of para-hydroxylation sites is 2. The van der Waals surface area contributed by atoms with Crippen molar-refractivity contribution < 1.29 is 0 Å². The molecule has 2 bridgehead atoms. The maximum Gasteiger partial charge on any atom is 0.158 e. The van der Waals surface area contributed by atoms with Crippen molar-refractivity contribution in [2.75, 3.05) is 0 Å². The van der Waals surface area contributed by atoms with Crippen LogP contribution in [0.15, 0.2) is 121 Å². The number of hydrogen-bond acceptors (Lipinski definition) is 4. The molecule has 3 aliphatic carbocycles. The zero-order valence-corrected chi connectivity index (χ0v) is 33.1. The van der Waals surface area contributed by atoms with Gasteiger partial charge >= 0.3 is 0 Å². The van der Waals surface area contributed by atoms with E-state index in [0.717, 1.165) is 44.2 Å². The third-order valence-corrected chi connectivity index (χ3v) is 13.0.